The molecular weight excluding hydrogens is 386 g/mol. The second kappa shape index (κ2) is 8.14. The molecule has 146 valence electrons. The van der Waals surface area contributed by atoms with Crippen LogP contribution in [0.5, 0.6) is 0 Å². The van der Waals surface area contributed by atoms with E-state index in [1.807, 2.05) is 24.8 Å². The van der Waals surface area contributed by atoms with E-state index in [0.29, 0.717) is 24.4 Å². The van der Waals surface area contributed by atoms with Gasteiger partial charge in [0.05, 0.1) is 29.2 Å². The van der Waals surface area contributed by atoms with Gasteiger partial charge in [-0.1, -0.05) is 24.3 Å². The van der Waals surface area contributed by atoms with Crippen molar-refractivity contribution in [3.8, 4) is 0 Å². The highest BCUT2D eigenvalue weighted by atomic mass is 32.2. The second-order valence-corrected chi connectivity index (χ2v) is 8.99. The smallest absolute Gasteiger partial charge is 0.344 e. The van der Waals surface area contributed by atoms with Gasteiger partial charge in [0.2, 0.25) is 5.78 Å². The Morgan fingerprint density at radius 1 is 1.26 bits per heavy atom. The molecule has 27 heavy (non-hydrogen) atoms. The van der Waals surface area contributed by atoms with Crippen molar-refractivity contribution in [3.63, 3.8) is 0 Å². The third kappa shape index (κ3) is 3.45. The van der Waals surface area contributed by atoms with E-state index in [4.69, 9.17) is 9.47 Å². The summed E-state index contributed by atoms with van der Waals surface area (Å²) in [4.78, 5) is 40.2. The number of allylic oxidation sites excluding steroid dienone is 2. The Morgan fingerprint density at radius 2 is 1.96 bits per heavy atom. The van der Waals surface area contributed by atoms with Crippen molar-refractivity contribution < 1.29 is 23.9 Å². The van der Waals surface area contributed by atoms with Crippen LogP contribution in [-0.4, -0.2) is 52.9 Å². The summed E-state index contributed by atoms with van der Waals surface area (Å²) in [6, 6.07) is -0.249. The zero-order valence-electron chi connectivity index (χ0n) is 15.9. The molecule has 0 unspecified atom stereocenters. The maximum absolute atomic E-state index is 13.2. The van der Waals surface area contributed by atoms with Crippen molar-refractivity contribution in [1.82, 2.24) is 4.90 Å². The molecule has 3 aliphatic heterocycles. The zero-order chi connectivity index (χ0) is 19.7. The largest absolute Gasteiger partial charge is 0.465 e. The van der Waals surface area contributed by atoms with Gasteiger partial charge in [-0.2, -0.15) is 0 Å². The van der Waals surface area contributed by atoms with Gasteiger partial charge in [0.25, 0.3) is 0 Å². The maximum atomic E-state index is 13.2. The van der Waals surface area contributed by atoms with Crippen molar-refractivity contribution in [2.45, 2.75) is 45.4 Å². The number of hydrogen-bond acceptors (Lipinski definition) is 8. The SMILES string of the molecule is CCOC(=O)C1=C2C=C(C)C[C@H]3[C@@H](C(=O)OCC)SC(SCC)=C(C1=O)N23. The number of nitrogens with zero attached hydrogens (tertiary/aromatic N) is 1. The lowest BCUT2D eigenvalue weighted by Crippen LogP contribution is -2.48. The molecule has 8 heteroatoms. The van der Waals surface area contributed by atoms with E-state index < -0.39 is 11.2 Å². The monoisotopic (exact) mass is 409 g/mol. The van der Waals surface area contributed by atoms with E-state index in [9.17, 15) is 14.4 Å². The first kappa shape index (κ1) is 20.1. The average Bonchev–Trinajstić information content (AvgIpc) is 2.90. The number of thioether (sulfide) groups is 2. The van der Waals surface area contributed by atoms with Crippen molar-refractivity contribution in [1.29, 1.82) is 0 Å². The van der Waals surface area contributed by atoms with Gasteiger partial charge in [-0.25, -0.2) is 4.79 Å². The van der Waals surface area contributed by atoms with Crippen molar-refractivity contribution in [3.05, 3.63) is 32.9 Å². The molecule has 6 nitrogen and oxygen atoms in total. The molecule has 0 amide bonds. The Kier molecular flexibility index (Phi) is 6.05. The first-order chi connectivity index (χ1) is 12.9. The number of ketones is 1. The highest BCUT2D eigenvalue weighted by molar-refractivity contribution is 8.22. The summed E-state index contributed by atoms with van der Waals surface area (Å²) in [7, 11) is 0. The van der Waals surface area contributed by atoms with E-state index in [2.05, 4.69) is 0 Å². The average molecular weight is 410 g/mol. The summed E-state index contributed by atoms with van der Waals surface area (Å²) < 4.78 is 11.2. The van der Waals surface area contributed by atoms with E-state index >= 15 is 0 Å². The summed E-state index contributed by atoms with van der Waals surface area (Å²) in [5.41, 5.74) is 2.13. The normalized spacial score (nSPS) is 24.1. The lowest BCUT2D eigenvalue weighted by atomic mass is 9.96. The second-order valence-electron chi connectivity index (χ2n) is 6.30. The molecule has 2 atom stereocenters. The molecule has 0 saturated carbocycles. The minimum absolute atomic E-state index is 0.0650. The van der Waals surface area contributed by atoms with Gasteiger partial charge in [0.1, 0.15) is 16.5 Å². The van der Waals surface area contributed by atoms with Crippen molar-refractivity contribution in [2.24, 2.45) is 0 Å². The Morgan fingerprint density at radius 3 is 2.59 bits per heavy atom. The van der Waals surface area contributed by atoms with Gasteiger partial charge < -0.3 is 14.4 Å². The lowest BCUT2D eigenvalue weighted by Gasteiger charge is -2.42. The standard InChI is InChI=1S/C19H23NO5S2/c1-5-24-17(22)13-11-8-10(4)9-12-16(18(23)25-6-2)27-19(26-7-3)14(15(13)21)20(11)12/h8,12,16H,5-7,9H2,1-4H3/t12-,16-/m0/s1. The first-order valence-corrected chi connectivity index (χ1v) is 10.9. The van der Waals surface area contributed by atoms with Crippen LogP contribution < -0.4 is 0 Å². The van der Waals surface area contributed by atoms with Crippen LogP contribution in [0.3, 0.4) is 0 Å². The minimum atomic E-state index is -0.609. The van der Waals surface area contributed by atoms with Gasteiger partial charge in [-0.3, -0.25) is 9.59 Å². The van der Waals surface area contributed by atoms with Crippen LogP contribution in [-0.2, 0) is 23.9 Å². The number of rotatable bonds is 6. The molecule has 0 N–H and O–H groups in total. The first-order valence-electron chi connectivity index (χ1n) is 9.07. The van der Waals surface area contributed by atoms with Crippen LogP contribution in [0.4, 0.5) is 0 Å². The van der Waals surface area contributed by atoms with Crippen LogP contribution >= 0.6 is 23.5 Å². The molecule has 0 fully saturated rings. The Labute approximate surface area is 167 Å². The fraction of sp³-hybridized carbons (Fsp3) is 0.526. The molecule has 0 bridgehead atoms. The molecule has 3 aliphatic rings. The highest BCUT2D eigenvalue weighted by Crippen LogP contribution is 2.52. The summed E-state index contributed by atoms with van der Waals surface area (Å²) in [5, 5.41) is -0.448. The number of hydrogen-bond donors (Lipinski definition) is 0. The van der Waals surface area contributed by atoms with Gasteiger partial charge in [0, 0.05) is 0 Å². The summed E-state index contributed by atoms with van der Waals surface area (Å²) in [6.07, 6.45) is 2.50. The van der Waals surface area contributed by atoms with E-state index in [1.165, 1.54) is 23.5 Å². The summed E-state index contributed by atoms with van der Waals surface area (Å²) in [6.45, 7) is 7.94. The van der Waals surface area contributed by atoms with E-state index in [-0.39, 0.29) is 30.0 Å². The number of Topliss-reactive ketones (excluding diaryl/α,β-unsaturated/α-hetero) is 1. The summed E-state index contributed by atoms with van der Waals surface area (Å²) in [5.74, 6) is -0.453. The molecule has 0 aromatic rings. The Bertz CT molecular complexity index is 783. The molecule has 0 aliphatic carbocycles. The number of ether oxygens (including phenoxy) is 2. The fourth-order valence-corrected chi connectivity index (χ4v) is 6.13. The quantitative estimate of drug-likeness (QED) is 0.490. The van der Waals surface area contributed by atoms with Crippen LogP contribution in [0.1, 0.15) is 34.1 Å². The minimum Gasteiger partial charge on any atom is -0.465 e. The topological polar surface area (TPSA) is 72.9 Å². The Balaban J connectivity index is 2.15. The number of carbonyl (C=O) groups is 3. The van der Waals surface area contributed by atoms with Gasteiger partial charge in [-0.05, 0) is 39.0 Å². The van der Waals surface area contributed by atoms with Crippen LogP contribution in [0.25, 0.3) is 0 Å². The molecule has 0 aromatic heterocycles. The molecule has 0 spiro atoms. The van der Waals surface area contributed by atoms with E-state index in [1.54, 1.807) is 13.8 Å². The molecule has 3 rings (SSSR count). The molecule has 0 radical (unpaired) electrons. The molecular formula is C19H23NO5S2. The van der Waals surface area contributed by atoms with Crippen LogP contribution in [0, 0.1) is 0 Å². The summed E-state index contributed by atoms with van der Waals surface area (Å²) >= 11 is 2.89. The molecule has 0 aromatic carbocycles. The van der Waals surface area contributed by atoms with Crippen LogP contribution in [0.15, 0.2) is 32.9 Å². The van der Waals surface area contributed by atoms with Crippen molar-refractivity contribution >= 4 is 41.2 Å². The predicted octanol–water partition coefficient (Wildman–Crippen LogP) is 3.01. The third-order valence-corrected chi connectivity index (χ3v) is 7.05. The third-order valence-electron chi connectivity index (χ3n) is 4.50. The predicted molar refractivity (Wildman–Crippen MR) is 106 cm³/mol. The molecule has 0 saturated heterocycles. The zero-order valence-corrected chi connectivity index (χ0v) is 17.5. The number of esters is 2. The Hall–Kier alpha value is -1.67. The maximum Gasteiger partial charge on any atom is 0.344 e. The van der Waals surface area contributed by atoms with E-state index in [0.717, 1.165) is 15.6 Å². The molecule has 3 heterocycles. The fourth-order valence-electron chi connectivity index (χ4n) is 3.53. The lowest BCUT2D eigenvalue weighted by molar-refractivity contribution is -0.143. The van der Waals surface area contributed by atoms with Gasteiger partial charge in [-0.15, -0.1) is 11.8 Å². The van der Waals surface area contributed by atoms with Crippen molar-refractivity contribution in [2.75, 3.05) is 19.0 Å². The highest BCUT2D eigenvalue weighted by Gasteiger charge is 2.52. The van der Waals surface area contributed by atoms with Crippen LogP contribution in [0.2, 0.25) is 0 Å². The van der Waals surface area contributed by atoms with Gasteiger partial charge in [0.15, 0.2) is 0 Å². The van der Waals surface area contributed by atoms with Gasteiger partial charge >= 0.3 is 11.9 Å². The number of carbonyl (C=O) groups excluding carboxylic acids is 3.